The molecule has 0 heterocycles. The van der Waals surface area contributed by atoms with Gasteiger partial charge in [-0.3, -0.25) is 10.1 Å². The Morgan fingerprint density at radius 1 is 1.56 bits per heavy atom. The first-order valence-electron chi connectivity index (χ1n) is 4.82. The van der Waals surface area contributed by atoms with E-state index in [4.69, 9.17) is 11.5 Å². The van der Waals surface area contributed by atoms with Crippen molar-refractivity contribution in [3.8, 4) is 0 Å². The number of nitro groups is 1. The molecule has 0 fully saturated rings. The monoisotopic (exact) mass is 335 g/mol. The molecule has 6 heteroatoms. The number of halogens is 1. The molecule has 1 rings (SSSR count). The molecule has 0 aliphatic rings. The lowest BCUT2D eigenvalue weighted by atomic mass is 10.0. The topological polar surface area (TPSA) is 95.2 Å². The molecule has 1 unspecified atom stereocenters. The molecule has 1 aromatic carbocycles. The molecule has 0 aliphatic carbocycles. The van der Waals surface area contributed by atoms with E-state index >= 15 is 0 Å². The van der Waals surface area contributed by atoms with Crippen LogP contribution in [0.15, 0.2) is 18.2 Å². The molecular weight excluding hydrogens is 321 g/mol. The number of hydrogen-bond donors (Lipinski definition) is 2. The van der Waals surface area contributed by atoms with Gasteiger partial charge in [-0.25, -0.2) is 0 Å². The van der Waals surface area contributed by atoms with Gasteiger partial charge in [-0.05, 0) is 31.5 Å². The second kappa shape index (κ2) is 5.07. The van der Waals surface area contributed by atoms with Gasteiger partial charge in [0.2, 0.25) is 0 Å². The van der Waals surface area contributed by atoms with Crippen molar-refractivity contribution >= 4 is 28.3 Å². The minimum Gasteiger partial charge on any atom is -0.330 e. The van der Waals surface area contributed by atoms with Crippen LogP contribution in [0, 0.1) is 17.0 Å². The normalized spacial score (nSPS) is 14.5. The van der Waals surface area contributed by atoms with Crippen LogP contribution in [-0.4, -0.2) is 11.5 Å². The highest BCUT2D eigenvalue weighted by Gasteiger charge is 2.30. The molecule has 0 spiro atoms. The van der Waals surface area contributed by atoms with E-state index in [9.17, 15) is 10.1 Å². The number of benzene rings is 1. The average Bonchev–Trinajstić information content (AvgIpc) is 2.16. The zero-order valence-corrected chi connectivity index (χ0v) is 11.1. The third kappa shape index (κ3) is 2.89. The van der Waals surface area contributed by atoms with Crippen molar-refractivity contribution in [2.45, 2.75) is 16.9 Å². The Hall–Kier alpha value is -0.730. The van der Waals surface area contributed by atoms with Crippen LogP contribution in [0.3, 0.4) is 0 Å². The molecule has 0 saturated heterocycles. The van der Waals surface area contributed by atoms with Gasteiger partial charge in [-0.15, -0.1) is 0 Å². The average molecular weight is 335 g/mol. The number of nitro benzene ring substituents is 1. The van der Waals surface area contributed by atoms with E-state index in [0.29, 0.717) is 18.5 Å². The molecule has 4 N–H and O–H groups in total. The summed E-state index contributed by atoms with van der Waals surface area (Å²) in [6, 6.07) is 5.06. The Balaban J connectivity index is 3.27. The smallest absolute Gasteiger partial charge is 0.275 e. The zero-order chi connectivity index (χ0) is 12.3. The van der Waals surface area contributed by atoms with Crippen LogP contribution in [0.2, 0.25) is 0 Å². The minimum atomic E-state index is -0.789. The van der Waals surface area contributed by atoms with Crippen LogP contribution in [0.25, 0.3) is 0 Å². The lowest BCUT2D eigenvalue weighted by Gasteiger charge is -2.22. The summed E-state index contributed by atoms with van der Waals surface area (Å²) in [5.41, 5.74) is 12.9. The fourth-order valence-electron chi connectivity index (χ4n) is 1.49. The summed E-state index contributed by atoms with van der Waals surface area (Å²) < 4.78 is -0.789. The quantitative estimate of drug-likeness (QED) is 0.288. The van der Waals surface area contributed by atoms with Gasteiger partial charge in [0.05, 0.1) is 10.5 Å². The highest BCUT2D eigenvalue weighted by molar-refractivity contribution is 14.1. The van der Waals surface area contributed by atoms with Gasteiger partial charge in [-0.2, -0.15) is 0 Å². The maximum Gasteiger partial charge on any atom is 0.275 e. The summed E-state index contributed by atoms with van der Waals surface area (Å²) >= 11 is 2.01. The first-order valence-corrected chi connectivity index (χ1v) is 5.89. The van der Waals surface area contributed by atoms with E-state index in [0.717, 1.165) is 5.56 Å². The van der Waals surface area contributed by atoms with Crippen LogP contribution in [-0.2, 0) is 3.55 Å². The van der Waals surface area contributed by atoms with Gasteiger partial charge in [0.25, 0.3) is 5.69 Å². The number of alkyl halides is 1. The van der Waals surface area contributed by atoms with Crippen molar-refractivity contribution in [3.63, 3.8) is 0 Å². The third-order valence-electron chi connectivity index (χ3n) is 2.31. The molecule has 0 bridgehead atoms. The standard InChI is InChI=1S/C10H14IN3O2/c1-7-2-3-8(9(6-7)14(15)16)10(11,13)4-5-12/h2-3,6H,4-5,12-13H2,1H3. The Kier molecular flexibility index (Phi) is 4.22. The molecule has 0 radical (unpaired) electrons. The summed E-state index contributed by atoms with van der Waals surface area (Å²) in [4.78, 5) is 10.5. The van der Waals surface area contributed by atoms with Crippen molar-refractivity contribution in [2.24, 2.45) is 11.5 Å². The third-order valence-corrected chi connectivity index (χ3v) is 3.43. The molecule has 1 atom stereocenters. The number of nitrogens with two attached hydrogens (primary N) is 2. The highest BCUT2D eigenvalue weighted by Crippen LogP contribution is 2.35. The second-order valence-corrected chi connectivity index (χ2v) is 5.60. The van der Waals surface area contributed by atoms with Gasteiger partial charge >= 0.3 is 0 Å². The number of aryl methyl sites for hydroxylation is 1. The Labute approximate surface area is 107 Å². The van der Waals surface area contributed by atoms with Crippen LogP contribution >= 0.6 is 22.6 Å². The molecule has 0 amide bonds. The fourth-order valence-corrected chi connectivity index (χ4v) is 2.26. The molecule has 1 aromatic rings. The van der Waals surface area contributed by atoms with Crippen LogP contribution in [0.5, 0.6) is 0 Å². The van der Waals surface area contributed by atoms with Crippen molar-refractivity contribution in [1.29, 1.82) is 0 Å². The first-order chi connectivity index (χ1) is 7.38. The lowest BCUT2D eigenvalue weighted by Crippen LogP contribution is -2.32. The van der Waals surface area contributed by atoms with E-state index in [-0.39, 0.29) is 5.69 Å². The Bertz CT molecular complexity index is 407. The predicted molar refractivity (Wildman–Crippen MR) is 71.4 cm³/mol. The van der Waals surface area contributed by atoms with E-state index in [1.807, 2.05) is 35.6 Å². The van der Waals surface area contributed by atoms with Crippen LogP contribution in [0.4, 0.5) is 5.69 Å². The van der Waals surface area contributed by atoms with Crippen LogP contribution < -0.4 is 11.5 Å². The SMILES string of the molecule is Cc1ccc(C(N)(I)CCN)c([N+](=O)[O-])c1. The fraction of sp³-hybridized carbons (Fsp3) is 0.400. The molecule has 0 aliphatic heterocycles. The van der Waals surface area contributed by atoms with E-state index < -0.39 is 8.47 Å². The van der Waals surface area contributed by atoms with Crippen molar-refractivity contribution in [3.05, 3.63) is 39.4 Å². The highest BCUT2D eigenvalue weighted by atomic mass is 127. The summed E-state index contributed by atoms with van der Waals surface area (Å²) in [6.07, 6.45) is 0.497. The van der Waals surface area contributed by atoms with E-state index in [1.165, 1.54) is 6.07 Å². The number of hydrogen-bond acceptors (Lipinski definition) is 4. The van der Waals surface area contributed by atoms with Gasteiger partial charge in [0, 0.05) is 6.07 Å². The first kappa shape index (κ1) is 13.3. The van der Waals surface area contributed by atoms with E-state index in [2.05, 4.69) is 0 Å². The predicted octanol–water partition coefficient (Wildman–Crippen LogP) is 1.80. The molecular formula is C10H14IN3O2. The van der Waals surface area contributed by atoms with Crippen molar-refractivity contribution in [2.75, 3.05) is 6.54 Å². The van der Waals surface area contributed by atoms with Gasteiger partial charge < -0.3 is 11.5 Å². The maximum absolute atomic E-state index is 10.9. The zero-order valence-electron chi connectivity index (χ0n) is 8.94. The summed E-state index contributed by atoms with van der Waals surface area (Å²) in [5, 5.41) is 10.9. The van der Waals surface area contributed by atoms with Crippen molar-refractivity contribution in [1.82, 2.24) is 0 Å². The second-order valence-electron chi connectivity index (χ2n) is 3.68. The van der Waals surface area contributed by atoms with Crippen LogP contribution in [0.1, 0.15) is 17.5 Å². The molecule has 88 valence electrons. The summed E-state index contributed by atoms with van der Waals surface area (Å²) in [6.45, 7) is 2.20. The molecule has 0 aromatic heterocycles. The number of rotatable bonds is 4. The molecule has 5 nitrogen and oxygen atoms in total. The molecule has 16 heavy (non-hydrogen) atoms. The minimum absolute atomic E-state index is 0.0605. The van der Waals surface area contributed by atoms with Crippen molar-refractivity contribution < 1.29 is 4.92 Å². The van der Waals surface area contributed by atoms with E-state index in [1.54, 1.807) is 6.07 Å². The summed E-state index contributed by atoms with van der Waals surface area (Å²) in [7, 11) is 0. The number of nitrogens with zero attached hydrogens (tertiary/aromatic N) is 1. The summed E-state index contributed by atoms with van der Waals surface area (Å²) in [5.74, 6) is 0. The van der Waals surface area contributed by atoms with Gasteiger partial charge in [0.15, 0.2) is 0 Å². The van der Waals surface area contributed by atoms with Gasteiger partial charge in [0.1, 0.15) is 3.55 Å². The maximum atomic E-state index is 10.9. The lowest BCUT2D eigenvalue weighted by molar-refractivity contribution is -0.385. The molecule has 0 saturated carbocycles. The Morgan fingerprint density at radius 2 is 2.19 bits per heavy atom. The van der Waals surface area contributed by atoms with Gasteiger partial charge in [-0.1, -0.05) is 28.7 Å². The largest absolute Gasteiger partial charge is 0.330 e. The Morgan fingerprint density at radius 3 is 2.69 bits per heavy atom.